The lowest BCUT2D eigenvalue weighted by Gasteiger charge is -2.18. The van der Waals surface area contributed by atoms with Crippen LogP contribution in [0.5, 0.6) is 0 Å². The second kappa shape index (κ2) is 66.9. The SMILES string of the molecule is CCCCC/C=C\C/C=C\C/C=C\CCCCCCCCC(=O)OC(COC(=O)CCCCCCCCCCCCCC)COC(=O)CCCCCCCCCCCCCCCCCCC/C=C\CCCCCCCCCC. The van der Waals surface area contributed by atoms with Crippen molar-refractivity contribution in [1.82, 2.24) is 0 Å². The highest BCUT2D eigenvalue weighted by molar-refractivity contribution is 5.71. The van der Waals surface area contributed by atoms with Gasteiger partial charge in [-0.05, 0) is 83.5 Å². The van der Waals surface area contributed by atoms with Crippen LogP contribution in [0.3, 0.4) is 0 Å². The highest BCUT2D eigenvalue weighted by atomic mass is 16.6. The van der Waals surface area contributed by atoms with E-state index in [4.69, 9.17) is 14.2 Å². The maximum atomic E-state index is 12.9. The molecule has 1 atom stereocenters. The van der Waals surface area contributed by atoms with Crippen molar-refractivity contribution >= 4 is 17.9 Å². The quantitative estimate of drug-likeness (QED) is 0.0261. The minimum atomic E-state index is -0.778. The van der Waals surface area contributed by atoms with Gasteiger partial charge in [0, 0.05) is 19.3 Å². The third-order valence-electron chi connectivity index (χ3n) is 15.6. The fourth-order valence-electron chi connectivity index (χ4n) is 10.3. The molecule has 0 aromatic heterocycles. The molecule has 0 rings (SSSR count). The van der Waals surface area contributed by atoms with Gasteiger partial charge in [0.05, 0.1) is 0 Å². The van der Waals surface area contributed by atoms with E-state index in [0.717, 1.165) is 77.0 Å². The maximum Gasteiger partial charge on any atom is 0.306 e. The summed E-state index contributed by atoms with van der Waals surface area (Å²) >= 11 is 0. The van der Waals surface area contributed by atoms with Gasteiger partial charge in [0.25, 0.3) is 0 Å². The van der Waals surface area contributed by atoms with Crippen LogP contribution in [-0.2, 0) is 28.6 Å². The molecular formula is C72H132O6. The molecule has 0 heterocycles. The summed E-state index contributed by atoms with van der Waals surface area (Å²) in [6.45, 7) is 6.66. The molecule has 0 spiro atoms. The molecule has 1 unspecified atom stereocenters. The predicted molar refractivity (Wildman–Crippen MR) is 339 cm³/mol. The summed E-state index contributed by atoms with van der Waals surface area (Å²) in [5.74, 6) is -0.863. The zero-order valence-electron chi connectivity index (χ0n) is 52.5. The number of hydrogen-bond acceptors (Lipinski definition) is 6. The van der Waals surface area contributed by atoms with E-state index < -0.39 is 6.10 Å². The van der Waals surface area contributed by atoms with Crippen LogP contribution >= 0.6 is 0 Å². The largest absolute Gasteiger partial charge is 0.462 e. The Balaban J connectivity index is 4.19. The number of allylic oxidation sites excluding steroid dienone is 8. The molecule has 78 heavy (non-hydrogen) atoms. The Morgan fingerprint density at radius 1 is 0.256 bits per heavy atom. The number of hydrogen-bond donors (Lipinski definition) is 0. The van der Waals surface area contributed by atoms with Crippen molar-refractivity contribution in [3.63, 3.8) is 0 Å². The van der Waals surface area contributed by atoms with Gasteiger partial charge in [0.15, 0.2) is 6.10 Å². The van der Waals surface area contributed by atoms with Crippen LogP contribution in [0, 0.1) is 0 Å². The number of unbranched alkanes of at least 4 members (excludes halogenated alkanes) is 45. The zero-order valence-corrected chi connectivity index (χ0v) is 52.5. The van der Waals surface area contributed by atoms with E-state index in [1.807, 2.05) is 0 Å². The molecular weight excluding hydrogens is 961 g/mol. The van der Waals surface area contributed by atoms with Crippen molar-refractivity contribution in [1.29, 1.82) is 0 Å². The zero-order chi connectivity index (χ0) is 56.4. The molecule has 0 aliphatic rings. The number of carbonyl (C=O) groups excluding carboxylic acids is 3. The fraction of sp³-hybridized carbons (Fsp3) is 0.847. The summed E-state index contributed by atoms with van der Waals surface area (Å²) < 4.78 is 16.9. The Kier molecular flexibility index (Phi) is 64.6. The highest BCUT2D eigenvalue weighted by Crippen LogP contribution is 2.18. The highest BCUT2D eigenvalue weighted by Gasteiger charge is 2.19. The molecule has 0 amide bonds. The van der Waals surface area contributed by atoms with Gasteiger partial charge in [-0.15, -0.1) is 0 Å². The van der Waals surface area contributed by atoms with Crippen molar-refractivity contribution in [2.24, 2.45) is 0 Å². The molecule has 0 saturated carbocycles. The number of carbonyl (C=O) groups is 3. The fourth-order valence-corrected chi connectivity index (χ4v) is 10.3. The van der Waals surface area contributed by atoms with E-state index in [2.05, 4.69) is 69.4 Å². The summed E-state index contributed by atoms with van der Waals surface area (Å²) in [7, 11) is 0. The van der Waals surface area contributed by atoms with E-state index in [0.29, 0.717) is 19.3 Å². The van der Waals surface area contributed by atoms with Crippen LogP contribution in [0.4, 0.5) is 0 Å². The average molecular weight is 1090 g/mol. The molecule has 0 aromatic carbocycles. The van der Waals surface area contributed by atoms with Crippen LogP contribution < -0.4 is 0 Å². The van der Waals surface area contributed by atoms with Gasteiger partial charge in [0.1, 0.15) is 13.2 Å². The Morgan fingerprint density at radius 2 is 0.462 bits per heavy atom. The van der Waals surface area contributed by atoms with Gasteiger partial charge in [-0.3, -0.25) is 14.4 Å². The first kappa shape index (κ1) is 75.4. The molecule has 0 radical (unpaired) electrons. The van der Waals surface area contributed by atoms with Gasteiger partial charge in [0.2, 0.25) is 0 Å². The number of ether oxygens (including phenoxy) is 3. The Morgan fingerprint density at radius 3 is 0.756 bits per heavy atom. The smallest absolute Gasteiger partial charge is 0.306 e. The molecule has 0 N–H and O–H groups in total. The topological polar surface area (TPSA) is 78.9 Å². The van der Waals surface area contributed by atoms with Gasteiger partial charge in [-0.25, -0.2) is 0 Å². The molecule has 6 heteroatoms. The molecule has 0 bridgehead atoms. The van der Waals surface area contributed by atoms with Crippen molar-refractivity contribution in [2.75, 3.05) is 13.2 Å². The first-order valence-electron chi connectivity index (χ1n) is 34.6. The second-order valence-corrected chi connectivity index (χ2v) is 23.4. The van der Waals surface area contributed by atoms with Gasteiger partial charge in [-0.2, -0.15) is 0 Å². The van der Waals surface area contributed by atoms with E-state index in [1.54, 1.807) is 0 Å². The molecule has 6 nitrogen and oxygen atoms in total. The van der Waals surface area contributed by atoms with Gasteiger partial charge < -0.3 is 14.2 Å². The summed E-state index contributed by atoms with van der Waals surface area (Å²) in [6.07, 6.45) is 84.3. The summed E-state index contributed by atoms with van der Waals surface area (Å²) in [5.41, 5.74) is 0. The Labute approximate surface area is 486 Å². The molecule has 0 aliphatic carbocycles. The summed E-state index contributed by atoms with van der Waals surface area (Å²) in [5, 5.41) is 0. The molecule has 456 valence electrons. The monoisotopic (exact) mass is 1090 g/mol. The van der Waals surface area contributed by atoms with E-state index >= 15 is 0 Å². The van der Waals surface area contributed by atoms with Gasteiger partial charge >= 0.3 is 17.9 Å². The first-order valence-corrected chi connectivity index (χ1v) is 34.6. The van der Waals surface area contributed by atoms with Crippen LogP contribution in [0.2, 0.25) is 0 Å². The van der Waals surface area contributed by atoms with Crippen molar-refractivity contribution in [2.45, 2.75) is 380 Å². The van der Waals surface area contributed by atoms with Crippen molar-refractivity contribution in [3.8, 4) is 0 Å². The van der Waals surface area contributed by atoms with Crippen LogP contribution in [0.25, 0.3) is 0 Å². The van der Waals surface area contributed by atoms with E-state index in [1.165, 1.54) is 257 Å². The third kappa shape index (κ3) is 64.2. The second-order valence-electron chi connectivity index (χ2n) is 23.4. The van der Waals surface area contributed by atoms with Crippen molar-refractivity contribution < 1.29 is 28.6 Å². The summed E-state index contributed by atoms with van der Waals surface area (Å²) in [6, 6.07) is 0. The minimum absolute atomic E-state index is 0.0739. The number of esters is 3. The standard InChI is InChI=1S/C72H132O6/c1-4-7-10-13-16-19-22-25-27-29-31-32-33-34-35-36-37-38-39-40-42-43-45-47-50-53-56-59-62-65-71(74)77-68-69(67-76-70(73)64-61-58-55-52-49-24-21-18-15-12-9-6-3)78-72(75)66-63-60-57-54-51-48-46-44-41-30-28-26-23-20-17-14-11-8-5-2/h17,20,26,28-29,31,41,44,69H,4-16,18-19,21-25,27,30,32-40,42-43,45-68H2,1-3H3/b20-17-,28-26-,31-29-,44-41-. The molecule has 0 aromatic rings. The lowest BCUT2D eigenvalue weighted by atomic mass is 10.0. The van der Waals surface area contributed by atoms with Crippen LogP contribution in [0.15, 0.2) is 48.6 Å². The lowest BCUT2D eigenvalue weighted by Crippen LogP contribution is -2.30. The minimum Gasteiger partial charge on any atom is -0.462 e. The Hall–Kier alpha value is -2.63. The average Bonchev–Trinajstić information content (AvgIpc) is 3.44. The van der Waals surface area contributed by atoms with Gasteiger partial charge in [-0.1, -0.05) is 320 Å². The van der Waals surface area contributed by atoms with E-state index in [9.17, 15) is 14.4 Å². The maximum absolute atomic E-state index is 12.9. The summed E-state index contributed by atoms with van der Waals surface area (Å²) in [4.78, 5) is 38.3. The molecule has 0 fully saturated rings. The first-order chi connectivity index (χ1) is 38.5. The van der Waals surface area contributed by atoms with E-state index in [-0.39, 0.29) is 31.1 Å². The number of rotatable bonds is 64. The molecule has 0 saturated heterocycles. The Bertz CT molecular complexity index is 1350. The van der Waals surface area contributed by atoms with Crippen LogP contribution in [0.1, 0.15) is 374 Å². The lowest BCUT2D eigenvalue weighted by molar-refractivity contribution is -0.167. The van der Waals surface area contributed by atoms with Crippen LogP contribution in [-0.4, -0.2) is 37.2 Å². The van der Waals surface area contributed by atoms with Crippen molar-refractivity contribution in [3.05, 3.63) is 48.6 Å². The molecule has 0 aliphatic heterocycles. The predicted octanol–water partition coefficient (Wildman–Crippen LogP) is 23.7. The normalized spacial score (nSPS) is 12.3. The third-order valence-corrected chi connectivity index (χ3v) is 15.6.